The second-order valence-corrected chi connectivity index (χ2v) is 9.10. The van der Waals surface area contributed by atoms with Gasteiger partial charge in [0.15, 0.2) is 6.61 Å². The molecule has 2 aromatic heterocycles. The summed E-state index contributed by atoms with van der Waals surface area (Å²) in [5.41, 5.74) is 2.67. The van der Waals surface area contributed by atoms with Gasteiger partial charge in [0, 0.05) is 35.6 Å². The second kappa shape index (κ2) is 10.9. The van der Waals surface area contributed by atoms with E-state index in [9.17, 15) is 19.2 Å². The highest BCUT2D eigenvalue weighted by atomic mass is 32.1. The molecule has 0 saturated heterocycles. The Kier molecular flexibility index (Phi) is 7.51. The van der Waals surface area contributed by atoms with E-state index in [4.69, 9.17) is 4.74 Å². The third-order valence-electron chi connectivity index (χ3n) is 5.35. The maximum Gasteiger partial charge on any atom is 0.341 e. The van der Waals surface area contributed by atoms with Crippen molar-refractivity contribution in [1.29, 1.82) is 0 Å². The predicted octanol–water partition coefficient (Wildman–Crippen LogP) is 4.03. The van der Waals surface area contributed by atoms with Crippen LogP contribution in [0.4, 0.5) is 16.4 Å². The average Bonchev–Trinajstić information content (AvgIpc) is 3.22. The largest absolute Gasteiger partial charge is 0.452 e. The molecule has 10 heteroatoms. The SMILES string of the molecule is CC(=O)Nc1ccc(NC(=O)COC(=O)c2c(NC(=O)c3cccnc3)sc3c2CCCC3)cc1. The summed E-state index contributed by atoms with van der Waals surface area (Å²) in [6.45, 7) is 0.928. The van der Waals surface area contributed by atoms with E-state index in [-0.39, 0.29) is 11.8 Å². The molecule has 0 radical (unpaired) electrons. The normalized spacial score (nSPS) is 12.3. The Labute approximate surface area is 205 Å². The maximum absolute atomic E-state index is 13.0. The van der Waals surface area contributed by atoms with Crippen molar-refractivity contribution in [1.82, 2.24) is 4.98 Å². The first kappa shape index (κ1) is 24.1. The Morgan fingerprint density at radius 1 is 0.971 bits per heavy atom. The Morgan fingerprint density at radius 2 is 1.69 bits per heavy atom. The van der Waals surface area contributed by atoms with Crippen molar-refractivity contribution < 1.29 is 23.9 Å². The number of amides is 3. The van der Waals surface area contributed by atoms with Crippen molar-refractivity contribution >= 4 is 51.4 Å². The van der Waals surface area contributed by atoms with Crippen molar-refractivity contribution in [2.45, 2.75) is 32.6 Å². The minimum absolute atomic E-state index is 0.194. The van der Waals surface area contributed by atoms with E-state index in [1.54, 1.807) is 42.6 Å². The molecular weight excluding hydrogens is 468 g/mol. The third-order valence-corrected chi connectivity index (χ3v) is 6.56. The second-order valence-electron chi connectivity index (χ2n) is 7.99. The fraction of sp³-hybridized carbons (Fsp3) is 0.240. The van der Waals surface area contributed by atoms with Crippen molar-refractivity contribution in [2.24, 2.45) is 0 Å². The molecule has 0 unspecified atom stereocenters. The van der Waals surface area contributed by atoms with Crippen molar-refractivity contribution in [3.63, 3.8) is 0 Å². The number of hydrogen-bond acceptors (Lipinski definition) is 7. The number of ether oxygens (including phenoxy) is 1. The van der Waals surface area contributed by atoms with Gasteiger partial charge in [-0.1, -0.05) is 0 Å². The monoisotopic (exact) mass is 492 g/mol. The molecule has 4 rings (SSSR count). The number of hydrogen-bond donors (Lipinski definition) is 3. The van der Waals surface area contributed by atoms with Gasteiger partial charge < -0.3 is 20.7 Å². The Balaban J connectivity index is 1.42. The zero-order valence-corrected chi connectivity index (χ0v) is 19.9. The molecule has 0 aliphatic heterocycles. The van der Waals surface area contributed by atoms with Gasteiger partial charge in [-0.25, -0.2) is 4.79 Å². The van der Waals surface area contributed by atoms with E-state index in [1.165, 1.54) is 24.5 Å². The number of carbonyl (C=O) groups excluding carboxylic acids is 4. The summed E-state index contributed by atoms with van der Waals surface area (Å²) < 4.78 is 5.33. The van der Waals surface area contributed by atoms with Crippen LogP contribution in [0, 0.1) is 0 Å². The minimum Gasteiger partial charge on any atom is -0.452 e. The highest BCUT2D eigenvalue weighted by Gasteiger charge is 2.28. The zero-order chi connectivity index (χ0) is 24.8. The van der Waals surface area contributed by atoms with Crippen LogP contribution in [-0.2, 0) is 27.2 Å². The summed E-state index contributed by atoms with van der Waals surface area (Å²) in [5, 5.41) is 8.53. The Morgan fingerprint density at radius 3 is 2.37 bits per heavy atom. The van der Waals surface area contributed by atoms with E-state index in [0.717, 1.165) is 29.7 Å². The lowest BCUT2D eigenvalue weighted by Crippen LogP contribution is -2.22. The number of nitrogens with zero attached hydrogens (tertiary/aromatic N) is 1. The van der Waals surface area contributed by atoms with E-state index < -0.39 is 18.5 Å². The van der Waals surface area contributed by atoms with Crippen LogP contribution in [0.15, 0.2) is 48.8 Å². The summed E-state index contributed by atoms with van der Waals surface area (Å²) in [4.78, 5) is 54.2. The van der Waals surface area contributed by atoms with Gasteiger partial charge in [0.05, 0.1) is 11.1 Å². The number of esters is 1. The predicted molar refractivity (Wildman–Crippen MR) is 133 cm³/mol. The molecule has 0 saturated carbocycles. The molecule has 0 spiro atoms. The van der Waals surface area contributed by atoms with Gasteiger partial charge >= 0.3 is 5.97 Å². The number of anilines is 3. The van der Waals surface area contributed by atoms with Crippen molar-refractivity contribution in [2.75, 3.05) is 22.6 Å². The number of rotatable bonds is 7. The van der Waals surface area contributed by atoms with E-state index in [0.29, 0.717) is 33.9 Å². The van der Waals surface area contributed by atoms with Crippen LogP contribution in [0.25, 0.3) is 0 Å². The first-order valence-corrected chi connectivity index (χ1v) is 11.9. The fourth-order valence-corrected chi connectivity index (χ4v) is 5.06. The minimum atomic E-state index is -0.651. The number of carbonyl (C=O) groups is 4. The summed E-state index contributed by atoms with van der Waals surface area (Å²) in [6.07, 6.45) is 6.53. The lowest BCUT2D eigenvalue weighted by molar-refractivity contribution is -0.119. The molecule has 0 bridgehead atoms. The lowest BCUT2D eigenvalue weighted by Gasteiger charge is -2.13. The first-order valence-electron chi connectivity index (χ1n) is 11.1. The molecule has 1 aliphatic rings. The summed E-state index contributed by atoms with van der Waals surface area (Å²) in [5.74, 6) is -1.72. The molecule has 9 nitrogen and oxygen atoms in total. The van der Waals surface area contributed by atoms with Gasteiger partial charge in [-0.15, -0.1) is 11.3 Å². The number of pyridine rings is 1. The van der Waals surface area contributed by atoms with Gasteiger partial charge in [-0.3, -0.25) is 19.4 Å². The van der Waals surface area contributed by atoms with Crippen LogP contribution in [0.2, 0.25) is 0 Å². The first-order chi connectivity index (χ1) is 16.9. The molecule has 2 heterocycles. The highest BCUT2D eigenvalue weighted by molar-refractivity contribution is 7.17. The molecule has 3 amide bonds. The zero-order valence-electron chi connectivity index (χ0n) is 19.1. The molecule has 3 N–H and O–H groups in total. The molecule has 3 aromatic rings. The van der Waals surface area contributed by atoms with Crippen molar-refractivity contribution in [3.05, 3.63) is 70.4 Å². The number of aryl methyl sites for hydroxylation is 1. The van der Waals surface area contributed by atoms with Crippen LogP contribution in [0.1, 0.15) is 50.9 Å². The number of aromatic nitrogens is 1. The van der Waals surface area contributed by atoms with Gasteiger partial charge in [0.25, 0.3) is 11.8 Å². The van der Waals surface area contributed by atoms with E-state index in [1.807, 2.05) is 0 Å². The summed E-state index contributed by atoms with van der Waals surface area (Å²) in [6, 6.07) is 9.87. The van der Waals surface area contributed by atoms with Crippen LogP contribution in [-0.4, -0.2) is 35.3 Å². The van der Waals surface area contributed by atoms with Crippen LogP contribution in [0.5, 0.6) is 0 Å². The summed E-state index contributed by atoms with van der Waals surface area (Å²) >= 11 is 1.37. The lowest BCUT2D eigenvalue weighted by atomic mass is 9.95. The molecule has 0 fully saturated rings. The van der Waals surface area contributed by atoms with Crippen LogP contribution in [0.3, 0.4) is 0 Å². The number of nitrogens with one attached hydrogen (secondary N) is 3. The van der Waals surface area contributed by atoms with Crippen LogP contribution >= 0.6 is 11.3 Å². The number of fused-ring (bicyclic) bond motifs is 1. The topological polar surface area (TPSA) is 126 Å². The molecule has 35 heavy (non-hydrogen) atoms. The third kappa shape index (κ3) is 6.10. The maximum atomic E-state index is 13.0. The Bertz CT molecular complexity index is 1250. The molecule has 180 valence electrons. The van der Waals surface area contributed by atoms with Crippen LogP contribution < -0.4 is 16.0 Å². The van der Waals surface area contributed by atoms with Gasteiger partial charge in [0.1, 0.15) is 5.00 Å². The molecule has 0 atom stereocenters. The molecule has 1 aromatic carbocycles. The van der Waals surface area contributed by atoms with Gasteiger partial charge in [-0.05, 0) is 67.6 Å². The quantitative estimate of drug-likeness (QED) is 0.428. The smallest absolute Gasteiger partial charge is 0.341 e. The highest BCUT2D eigenvalue weighted by Crippen LogP contribution is 2.38. The fourth-order valence-electron chi connectivity index (χ4n) is 3.78. The van der Waals surface area contributed by atoms with Gasteiger partial charge in [-0.2, -0.15) is 0 Å². The molecular formula is C25H24N4O5S. The van der Waals surface area contributed by atoms with Gasteiger partial charge in [0.2, 0.25) is 5.91 Å². The molecule has 1 aliphatic carbocycles. The number of thiophene rings is 1. The number of benzene rings is 1. The standard InChI is InChI=1S/C25H24N4O5S/c1-15(30)27-17-8-10-18(11-9-17)28-21(31)14-34-25(33)22-19-6-2-3-7-20(19)35-24(22)29-23(32)16-5-4-12-26-13-16/h4-5,8-13H,2-3,6-7,14H2,1H3,(H,27,30)(H,28,31)(H,29,32). The Hall–Kier alpha value is -4.05. The van der Waals surface area contributed by atoms with E-state index in [2.05, 4.69) is 20.9 Å². The van der Waals surface area contributed by atoms with Crippen molar-refractivity contribution in [3.8, 4) is 0 Å². The average molecular weight is 493 g/mol. The summed E-state index contributed by atoms with van der Waals surface area (Å²) in [7, 11) is 0. The van der Waals surface area contributed by atoms with E-state index >= 15 is 0 Å².